The summed E-state index contributed by atoms with van der Waals surface area (Å²) in [5, 5.41) is 19.0. The first kappa shape index (κ1) is 19.1. The molecule has 0 bridgehead atoms. The van der Waals surface area contributed by atoms with E-state index in [4.69, 9.17) is 14.3 Å². The molecule has 0 aliphatic rings. The standard InChI is InChI=1S/C22H25NO4/c1-15(2)22-23-19(14-26-22)18-6-3-4-8-21(18)27-17-11-9-16(10-12-17)20(25)7-5-13-24/h3-4,6,8-12,14-15,20,24-25H,5,7,13H2,1-2H3. The number of ether oxygens (including phenoxy) is 1. The van der Waals surface area contributed by atoms with Gasteiger partial charge in [0.15, 0.2) is 5.89 Å². The van der Waals surface area contributed by atoms with Crippen LogP contribution in [0.1, 0.15) is 50.2 Å². The SMILES string of the molecule is CC(C)c1nc(-c2ccccc2Oc2ccc(C(O)CCCO)cc2)co1. The van der Waals surface area contributed by atoms with Crippen LogP contribution in [-0.2, 0) is 0 Å². The molecule has 3 rings (SSSR count). The Kier molecular flexibility index (Phi) is 6.27. The lowest BCUT2D eigenvalue weighted by Gasteiger charge is -2.12. The fraction of sp³-hybridized carbons (Fsp3) is 0.318. The smallest absolute Gasteiger partial charge is 0.197 e. The van der Waals surface area contributed by atoms with Gasteiger partial charge in [-0.2, -0.15) is 0 Å². The Morgan fingerprint density at radius 2 is 1.81 bits per heavy atom. The molecule has 5 nitrogen and oxygen atoms in total. The number of benzene rings is 2. The normalized spacial score (nSPS) is 12.3. The van der Waals surface area contributed by atoms with Gasteiger partial charge in [0, 0.05) is 18.1 Å². The van der Waals surface area contributed by atoms with Gasteiger partial charge in [0.1, 0.15) is 23.5 Å². The number of aliphatic hydroxyl groups excluding tert-OH is 2. The fourth-order valence-corrected chi connectivity index (χ4v) is 2.78. The van der Waals surface area contributed by atoms with Crippen molar-refractivity contribution in [1.29, 1.82) is 0 Å². The Morgan fingerprint density at radius 3 is 2.48 bits per heavy atom. The van der Waals surface area contributed by atoms with Crippen LogP contribution in [-0.4, -0.2) is 21.8 Å². The fourth-order valence-electron chi connectivity index (χ4n) is 2.78. The van der Waals surface area contributed by atoms with Gasteiger partial charge in [0.2, 0.25) is 0 Å². The predicted molar refractivity (Wildman–Crippen MR) is 104 cm³/mol. The molecule has 3 aromatic rings. The largest absolute Gasteiger partial charge is 0.457 e. The third-order valence-electron chi connectivity index (χ3n) is 4.31. The number of hydrogen-bond acceptors (Lipinski definition) is 5. The average molecular weight is 367 g/mol. The highest BCUT2D eigenvalue weighted by molar-refractivity contribution is 5.67. The Labute approximate surface area is 159 Å². The molecule has 0 fully saturated rings. The zero-order valence-electron chi connectivity index (χ0n) is 15.6. The van der Waals surface area contributed by atoms with Gasteiger partial charge in [0.05, 0.1) is 6.10 Å². The van der Waals surface area contributed by atoms with Crippen LogP contribution >= 0.6 is 0 Å². The zero-order valence-corrected chi connectivity index (χ0v) is 15.6. The molecule has 0 saturated heterocycles. The molecule has 1 aromatic heterocycles. The molecule has 5 heteroatoms. The molecule has 0 amide bonds. The lowest BCUT2D eigenvalue weighted by Crippen LogP contribution is -1.98. The second-order valence-corrected chi connectivity index (χ2v) is 6.77. The summed E-state index contributed by atoms with van der Waals surface area (Å²) in [5.74, 6) is 2.28. The summed E-state index contributed by atoms with van der Waals surface area (Å²) in [6, 6.07) is 15.0. The maximum Gasteiger partial charge on any atom is 0.197 e. The van der Waals surface area contributed by atoms with Gasteiger partial charge in [-0.1, -0.05) is 38.1 Å². The summed E-state index contributed by atoms with van der Waals surface area (Å²) in [4.78, 5) is 4.55. The quantitative estimate of drug-likeness (QED) is 0.582. The molecule has 0 radical (unpaired) electrons. The molecule has 1 unspecified atom stereocenters. The van der Waals surface area contributed by atoms with E-state index >= 15 is 0 Å². The summed E-state index contributed by atoms with van der Waals surface area (Å²) in [6.07, 6.45) is 2.17. The minimum Gasteiger partial charge on any atom is -0.457 e. The van der Waals surface area contributed by atoms with Crippen LogP contribution in [0.25, 0.3) is 11.3 Å². The van der Waals surface area contributed by atoms with Crippen molar-refractivity contribution in [3.63, 3.8) is 0 Å². The second kappa shape index (κ2) is 8.84. The lowest BCUT2D eigenvalue weighted by molar-refractivity contribution is 0.152. The van der Waals surface area contributed by atoms with Crippen molar-refractivity contribution in [3.05, 3.63) is 66.2 Å². The Bertz CT molecular complexity index is 855. The van der Waals surface area contributed by atoms with Gasteiger partial charge >= 0.3 is 0 Å². The van der Waals surface area contributed by atoms with Crippen LogP contribution < -0.4 is 4.74 Å². The molecule has 0 aliphatic heterocycles. The van der Waals surface area contributed by atoms with Gasteiger partial charge in [0.25, 0.3) is 0 Å². The Morgan fingerprint density at radius 1 is 1.07 bits per heavy atom. The molecule has 2 N–H and O–H groups in total. The Balaban J connectivity index is 1.78. The first-order valence-corrected chi connectivity index (χ1v) is 9.20. The molecule has 0 spiro atoms. The van der Waals surface area contributed by atoms with Crippen LogP contribution in [0.4, 0.5) is 0 Å². The summed E-state index contributed by atoms with van der Waals surface area (Å²) in [5.41, 5.74) is 2.41. The van der Waals surface area contributed by atoms with Gasteiger partial charge in [-0.25, -0.2) is 4.98 Å². The van der Waals surface area contributed by atoms with Crippen molar-refractivity contribution in [3.8, 4) is 22.8 Å². The number of hydrogen-bond donors (Lipinski definition) is 2. The van der Waals surface area contributed by atoms with Gasteiger partial charge in [-0.05, 0) is 42.7 Å². The highest BCUT2D eigenvalue weighted by Crippen LogP contribution is 2.34. The van der Waals surface area contributed by atoms with E-state index in [9.17, 15) is 5.11 Å². The minimum absolute atomic E-state index is 0.0790. The van der Waals surface area contributed by atoms with Crippen molar-refractivity contribution in [2.24, 2.45) is 0 Å². The van der Waals surface area contributed by atoms with E-state index in [0.29, 0.717) is 30.2 Å². The first-order valence-electron chi connectivity index (χ1n) is 9.20. The van der Waals surface area contributed by atoms with Gasteiger partial charge in [-0.15, -0.1) is 0 Å². The van der Waals surface area contributed by atoms with E-state index in [-0.39, 0.29) is 12.5 Å². The van der Waals surface area contributed by atoms with E-state index in [1.165, 1.54) is 0 Å². The molecule has 2 aromatic carbocycles. The molecular weight excluding hydrogens is 342 g/mol. The summed E-state index contributed by atoms with van der Waals surface area (Å²) < 4.78 is 11.6. The predicted octanol–water partition coefficient (Wildman–Crippen LogP) is 5.06. The maximum atomic E-state index is 10.1. The minimum atomic E-state index is -0.580. The van der Waals surface area contributed by atoms with Gasteiger partial charge in [-0.3, -0.25) is 0 Å². The van der Waals surface area contributed by atoms with Crippen LogP contribution in [0.3, 0.4) is 0 Å². The third kappa shape index (κ3) is 4.76. The number of oxazole rings is 1. The van der Waals surface area contributed by atoms with E-state index in [0.717, 1.165) is 16.8 Å². The number of aliphatic hydroxyl groups is 2. The molecule has 0 saturated carbocycles. The van der Waals surface area contributed by atoms with Crippen molar-refractivity contribution in [2.45, 2.75) is 38.7 Å². The molecule has 0 aliphatic carbocycles. The maximum absolute atomic E-state index is 10.1. The number of rotatable bonds is 8. The molecule has 142 valence electrons. The first-order chi connectivity index (χ1) is 13.1. The van der Waals surface area contributed by atoms with Crippen molar-refractivity contribution < 1.29 is 19.4 Å². The van der Waals surface area contributed by atoms with E-state index < -0.39 is 6.10 Å². The highest BCUT2D eigenvalue weighted by atomic mass is 16.5. The van der Waals surface area contributed by atoms with E-state index in [1.807, 2.05) is 62.4 Å². The van der Waals surface area contributed by atoms with Crippen LogP contribution in [0.5, 0.6) is 11.5 Å². The van der Waals surface area contributed by atoms with Crippen molar-refractivity contribution in [2.75, 3.05) is 6.61 Å². The molecule has 1 heterocycles. The van der Waals surface area contributed by atoms with Crippen LogP contribution in [0.2, 0.25) is 0 Å². The second-order valence-electron chi connectivity index (χ2n) is 6.77. The molecule has 27 heavy (non-hydrogen) atoms. The average Bonchev–Trinajstić information content (AvgIpc) is 3.17. The van der Waals surface area contributed by atoms with E-state index in [1.54, 1.807) is 6.26 Å². The van der Waals surface area contributed by atoms with Crippen LogP contribution in [0, 0.1) is 0 Å². The number of nitrogens with zero attached hydrogens (tertiary/aromatic N) is 1. The summed E-state index contributed by atoms with van der Waals surface area (Å²) in [6.45, 7) is 4.15. The summed E-state index contributed by atoms with van der Waals surface area (Å²) in [7, 11) is 0. The number of para-hydroxylation sites is 1. The lowest BCUT2D eigenvalue weighted by atomic mass is 10.1. The topological polar surface area (TPSA) is 75.7 Å². The van der Waals surface area contributed by atoms with Crippen molar-refractivity contribution in [1.82, 2.24) is 4.98 Å². The van der Waals surface area contributed by atoms with Gasteiger partial charge < -0.3 is 19.4 Å². The number of aromatic nitrogens is 1. The molecule has 1 atom stereocenters. The Hall–Kier alpha value is -2.63. The zero-order chi connectivity index (χ0) is 19.2. The molecular formula is C22H25NO4. The van der Waals surface area contributed by atoms with Crippen LogP contribution in [0.15, 0.2) is 59.2 Å². The monoisotopic (exact) mass is 367 g/mol. The van der Waals surface area contributed by atoms with Crippen molar-refractivity contribution >= 4 is 0 Å². The highest BCUT2D eigenvalue weighted by Gasteiger charge is 2.14. The summed E-state index contributed by atoms with van der Waals surface area (Å²) >= 11 is 0. The van der Waals surface area contributed by atoms with E-state index in [2.05, 4.69) is 4.98 Å². The third-order valence-corrected chi connectivity index (χ3v) is 4.31.